The molecule has 0 saturated heterocycles. The first-order chi connectivity index (χ1) is 5.17. The summed E-state index contributed by atoms with van der Waals surface area (Å²) in [4.78, 5) is 3.81. The maximum Gasteiger partial charge on any atom is 0.139 e. The van der Waals surface area contributed by atoms with Crippen molar-refractivity contribution in [2.75, 3.05) is 7.05 Å². The summed E-state index contributed by atoms with van der Waals surface area (Å²) in [5.74, 6) is 0.248. The van der Waals surface area contributed by atoms with Crippen LogP contribution in [0.3, 0.4) is 0 Å². The van der Waals surface area contributed by atoms with Gasteiger partial charge >= 0.3 is 0 Å². The fraction of sp³-hybridized carbons (Fsp3) is 0.500. The second kappa shape index (κ2) is 4.51. The lowest BCUT2D eigenvalue weighted by Crippen LogP contribution is -2.08. The molecule has 0 bridgehead atoms. The van der Waals surface area contributed by atoms with E-state index in [0.717, 1.165) is 5.57 Å². The van der Waals surface area contributed by atoms with Crippen molar-refractivity contribution in [2.45, 2.75) is 13.8 Å². The Kier molecular flexibility index (Phi) is 3.97. The van der Waals surface area contributed by atoms with Crippen molar-refractivity contribution in [1.82, 2.24) is 0 Å². The Morgan fingerprint density at radius 1 is 1.64 bits per heavy atom. The molecular formula is C8H13N3. The summed E-state index contributed by atoms with van der Waals surface area (Å²) in [5.41, 5.74) is 6.55. The summed E-state index contributed by atoms with van der Waals surface area (Å²) in [5, 5.41) is 8.60. The van der Waals surface area contributed by atoms with Crippen molar-refractivity contribution in [3.8, 4) is 6.07 Å². The number of rotatable bonds is 2. The lowest BCUT2D eigenvalue weighted by atomic mass is 10.0. The third kappa shape index (κ3) is 2.42. The minimum Gasteiger partial charge on any atom is -0.404 e. The molecule has 0 amide bonds. The summed E-state index contributed by atoms with van der Waals surface area (Å²) >= 11 is 0. The van der Waals surface area contributed by atoms with Gasteiger partial charge in [-0.05, 0) is 5.92 Å². The fourth-order valence-electron chi connectivity index (χ4n) is 0.788. The van der Waals surface area contributed by atoms with Gasteiger partial charge in [-0.3, -0.25) is 4.99 Å². The number of nitriles is 1. The molecule has 0 aliphatic rings. The van der Waals surface area contributed by atoms with Gasteiger partial charge in [0, 0.05) is 18.8 Å². The molecule has 0 aliphatic heterocycles. The fourth-order valence-corrected chi connectivity index (χ4v) is 0.788. The molecular weight excluding hydrogens is 138 g/mol. The Balaban J connectivity index is 4.69. The molecule has 0 rings (SSSR count). The van der Waals surface area contributed by atoms with Crippen LogP contribution in [0.4, 0.5) is 0 Å². The van der Waals surface area contributed by atoms with Crippen LogP contribution in [-0.2, 0) is 0 Å². The lowest BCUT2D eigenvalue weighted by molar-refractivity contribution is 0.800. The van der Waals surface area contributed by atoms with E-state index in [4.69, 9.17) is 11.0 Å². The first-order valence-corrected chi connectivity index (χ1v) is 3.46. The van der Waals surface area contributed by atoms with Crippen LogP contribution in [0, 0.1) is 17.2 Å². The van der Waals surface area contributed by atoms with Crippen LogP contribution in [0.1, 0.15) is 13.8 Å². The molecule has 60 valence electrons. The molecule has 0 spiro atoms. The maximum absolute atomic E-state index is 8.60. The van der Waals surface area contributed by atoms with Gasteiger partial charge in [-0.15, -0.1) is 0 Å². The highest BCUT2D eigenvalue weighted by Gasteiger charge is 2.08. The van der Waals surface area contributed by atoms with Gasteiger partial charge in [0.2, 0.25) is 0 Å². The molecule has 0 fully saturated rings. The van der Waals surface area contributed by atoms with Crippen LogP contribution in [-0.4, -0.2) is 12.8 Å². The van der Waals surface area contributed by atoms with Crippen molar-refractivity contribution in [3.05, 3.63) is 11.8 Å². The second-order valence-corrected chi connectivity index (χ2v) is 2.46. The van der Waals surface area contributed by atoms with E-state index in [1.807, 2.05) is 19.9 Å². The average molecular weight is 151 g/mol. The Hall–Kier alpha value is -1.30. The van der Waals surface area contributed by atoms with Gasteiger partial charge in [0.15, 0.2) is 0 Å². The van der Waals surface area contributed by atoms with Crippen LogP contribution in [0.15, 0.2) is 16.8 Å². The normalized spacial score (nSPS) is 13.4. The first kappa shape index (κ1) is 9.70. The summed E-state index contributed by atoms with van der Waals surface area (Å²) < 4.78 is 0. The molecule has 0 aromatic heterocycles. The van der Waals surface area contributed by atoms with Crippen molar-refractivity contribution >= 4 is 5.71 Å². The summed E-state index contributed by atoms with van der Waals surface area (Å²) in [6.07, 6.45) is 1.44. The van der Waals surface area contributed by atoms with E-state index in [-0.39, 0.29) is 5.92 Å². The first-order valence-electron chi connectivity index (χ1n) is 3.46. The van der Waals surface area contributed by atoms with E-state index in [1.165, 1.54) is 6.20 Å². The van der Waals surface area contributed by atoms with Crippen LogP contribution in [0.25, 0.3) is 0 Å². The molecule has 0 aromatic carbocycles. The molecule has 2 N–H and O–H groups in total. The van der Waals surface area contributed by atoms with Gasteiger partial charge in [-0.1, -0.05) is 13.8 Å². The van der Waals surface area contributed by atoms with Crippen molar-refractivity contribution < 1.29 is 0 Å². The zero-order valence-electron chi connectivity index (χ0n) is 7.13. The lowest BCUT2D eigenvalue weighted by Gasteiger charge is -2.06. The summed E-state index contributed by atoms with van der Waals surface area (Å²) in [6, 6.07) is 1.99. The zero-order chi connectivity index (χ0) is 8.85. The molecule has 0 radical (unpaired) electrons. The van der Waals surface area contributed by atoms with Crippen molar-refractivity contribution in [3.63, 3.8) is 0 Å². The Labute approximate surface area is 67.2 Å². The van der Waals surface area contributed by atoms with Crippen molar-refractivity contribution in [1.29, 1.82) is 5.26 Å². The van der Waals surface area contributed by atoms with Crippen LogP contribution >= 0.6 is 0 Å². The zero-order valence-corrected chi connectivity index (χ0v) is 7.13. The van der Waals surface area contributed by atoms with E-state index in [2.05, 4.69) is 4.99 Å². The van der Waals surface area contributed by atoms with Gasteiger partial charge < -0.3 is 5.73 Å². The molecule has 0 aromatic rings. The third-order valence-corrected chi connectivity index (χ3v) is 1.40. The van der Waals surface area contributed by atoms with Crippen LogP contribution < -0.4 is 5.73 Å². The molecule has 11 heavy (non-hydrogen) atoms. The Morgan fingerprint density at radius 2 is 2.18 bits per heavy atom. The van der Waals surface area contributed by atoms with Crippen molar-refractivity contribution in [2.24, 2.45) is 16.6 Å². The number of allylic oxidation sites excluding steroid dienone is 1. The molecule has 3 nitrogen and oxygen atoms in total. The SMILES string of the molecule is CN=C(C#N)C(=CN)C(C)C. The third-order valence-electron chi connectivity index (χ3n) is 1.40. The number of hydrogen-bond donors (Lipinski definition) is 1. The van der Waals surface area contributed by atoms with Gasteiger partial charge in [-0.2, -0.15) is 5.26 Å². The summed E-state index contributed by atoms with van der Waals surface area (Å²) in [7, 11) is 1.59. The number of nitrogens with two attached hydrogens (primary N) is 1. The van der Waals surface area contributed by atoms with E-state index in [9.17, 15) is 0 Å². The minimum absolute atomic E-state index is 0.248. The highest BCUT2D eigenvalue weighted by Crippen LogP contribution is 2.09. The van der Waals surface area contributed by atoms with E-state index in [1.54, 1.807) is 7.05 Å². The van der Waals surface area contributed by atoms with E-state index < -0.39 is 0 Å². The Bertz CT molecular complexity index is 218. The van der Waals surface area contributed by atoms with E-state index >= 15 is 0 Å². The topological polar surface area (TPSA) is 62.2 Å². The molecule has 0 saturated carbocycles. The standard InChI is InChI=1S/C8H13N3/c1-6(2)7(4-9)8(5-10)11-3/h4,6H,9H2,1-3H3. The van der Waals surface area contributed by atoms with Crippen LogP contribution in [0.2, 0.25) is 0 Å². The van der Waals surface area contributed by atoms with Gasteiger partial charge in [-0.25, -0.2) is 0 Å². The highest BCUT2D eigenvalue weighted by molar-refractivity contribution is 6.11. The van der Waals surface area contributed by atoms with E-state index in [0.29, 0.717) is 5.71 Å². The average Bonchev–Trinajstić information content (AvgIpc) is 1.99. The number of aliphatic imine (C=N–C) groups is 1. The molecule has 0 aliphatic carbocycles. The maximum atomic E-state index is 8.60. The van der Waals surface area contributed by atoms with Gasteiger partial charge in [0.1, 0.15) is 11.8 Å². The smallest absolute Gasteiger partial charge is 0.139 e. The predicted octanol–water partition coefficient (Wildman–Crippen LogP) is 1.08. The van der Waals surface area contributed by atoms with Crippen LogP contribution in [0.5, 0.6) is 0 Å². The van der Waals surface area contributed by atoms with Gasteiger partial charge in [0.25, 0.3) is 0 Å². The molecule has 0 unspecified atom stereocenters. The minimum atomic E-state index is 0.248. The molecule has 0 heterocycles. The monoisotopic (exact) mass is 151 g/mol. The largest absolute Gasteiger partial charge is 0.404 e. The van der Waals surface area contributed by atoms with Gasteiger partial charge in [0.05, 0.1) is 0 Å². The Morgan fingerprint density at radius 3 is 2.27 bits per heavy atom. The molecule has 3 heteroatoms. The highest BCUT2D eigenvalue weighted by atomic mass is 14.7. The number of nitrogens with zero attached hydrogens (tertiary/aromatic N) is 2. The molecule has 0 atom stereocenters. The predicted molar refractivity (Wildman–Crippen MR) is 46.1 cm³/mol. The quantitative estimate of drug-likeness (QED) is 0.600. The summed E-state index contributed by atoms with van der Waals surface area (Å²) in [6.45, 7) is 3.95. The second-order valence-electron chi connectivity index (χ2n) is 2.46. The number of hydrogen-bond acceptors (Lipinski definition) is 3.